The molecular formula is C14H21N3O2S. The van der Waals surface area contributed by atoms with Gasteiger partial charge in [-0.05, 0) is 45.4 Å². The molecule has 3 amide bonds. The fourth-order valence-corrected chi connectivity index (χ4v) is 2.23. The summed E-state index contributed by atoms with van der Waals surface area (Å²) in [6, 6.07) is 5.17. The molecule has 0 aliphatic heterocycles. The molecule has 0 atom stereocenters. The monoisotopic (exact) mass is 295 g/mol. The van der Waals surface area contributed by atoms with E-state index in [1.165, 1.54) is 11.8 Å². The number of carbonyl (C=O) groups is 2. The Hall–Kier alpha value is -1.69. The molecule has 0 aliphatic carbocycles. The van der Waals surface area contributed by atoms with Crippen molar-refractivity contribution in [1.29, 1.82) is 0 Å². The van der Waals surface area contributed by atoms with E-state index in [4.69, 9.17) is 5.73 Å². The van der Waals surface area contributed by atoms with Crippen LogP contribution in [-0.2, 0) is 4.79 Å². The number of imide groups is 1. The quantitative estimate of drug-likeness (QED) is 0.590. The van der Waals surface area contributed by atoms with Crippen molar-refractivity contribution in [2.24, 2.45) is 0 Å². The maximum Gasteiger partial charge on any atom is 0.321 e. The van der Waals surface area contributed by atoms with Gasteiger partial charge in [0.1, 0.15) is 0 Å². The molecule has 0 radical (unpaired) electrons. The van der Waals surface area contributed by atoms with Crippen molar-refractivity contribution in [1.82, 2.24) is 10.6 Å². The molecule has 0 aliphatic rings. The molecular weight excluding hydrogens is 274 g/mol. The van der Waals surface area contributed by atoms with Crippen molar-refractivity contribution in [2.45, 2.75) is 38.1 Å². The number of aryl methyl sites for hydroxylation is 1. The molecule has 0 aromatic heterocycles. The van der Waals surface area contributed by atoms with Crippen LogP contribution in [0.5, 0.6) is 0 Å². The summed E-state index contributed by atoms with van der Waals surface area (Å²) in [7, 11) is 0. The summed E-state index contributed by atoms with van der Waals surface area (Å²) < 4.78 is 0. The first-order valence-electron chi connectivity index (χ1n) is 6.28. The lowest BCUT2D eigenvalue weighted by Crippen LogP contribution is -2.48. The molecule has 0 bridgehead atoms. The Morgan fingerprint density at radius 3 is 2.50 bits per heavy atom. The SMILES string of the molecule is Cc1ccc(SCC(=O)NC(=O)NC(C)(C)C)c(N)c1. The lowest BCUT2D eigenvalue weighted by Gasteiger charge is -2.20. The van der Waals surface area contributed by atoms with E-state index in [0.717, 1.165) is 10.5 Å². The van der Waals surface area contributed by atoms with Crippen molar-refractivity contribution >= 4 is 29.4 Å². The van der Waals surface area contributed by atoms with Crippen LogP contribution in [0.15, 0.2) is 23.1 Å². The van der Waals surface area contributed by atoms with Gasteiger partial charge in [0.05, 0.1) is 5.75 Å². The number of nitrogen functional groups attached to an aromatic ring is 1. The second-order valence-corrected chi connectivity index (χ2v) is 6.60. The van der Waals surface area contributed by atoms with Gasteiger partial charge in [0.25, 0.3) is 0 Å². The second-order valence-electron chi connectivity index (χ2n) is 5.58. The summed E-state index contributed by atoms with van der Waals surface area (Å²) in [5.41, 5.74) is 7.20. The van der Waals surface area contributed by atoms with E-state index in [2.05, 4.69) is 10.6 Å². The Labute approximate surface area is 123 Å². The van der Waals surface area contributed by atoms with Gasteiger partial charge >= 0.3 is 6.03 Å². The zero-order chi connectivity index (χ0) is 15.3. The average Bonchev–Trinajstić information content (AvgIpc) is 2.24. The van der Waals surface area contributed by atoms with Gasteiger partial charge in [-0.25, -0.2) is 4.79 Å². The van der Waals surface area contributed by atoms with Gasteiger partial charge in [-0.2, -0.15) is 0 Å². The molecule has 1 aromatic carbocycles. The standard InChI is InChI=1S/C14H21N3O2S/c1-9-5-6-11(10(15)7-9)20-8-12(18)16-13(19)17-14(2,3)4/h5-7H,8,15H2,1-4H3,(H2,16,17,18,19). The third-order valence-corrected chi connectivity index (χ3v) is 3.35. The number of amides is 3. The molecule has 0 unspecified atom stereocenters. The highest BCUT2D eigenvalue weighted by Gasteiger charge is 2.15. The number of urea groups is 1. The molecule has 0 spiro atoms. The molecule has 6 heteroatoms. The highest BCUT2D eigenvalue weighted by Crippen LogP contribution is 2.25. The second kappa shape index (κ2) is 6.65. The van der Waals surface area contributed by atoms with Gasteiger partial charge in [0.15, 0.2) is 0 Å². The summed E-state index contributed by atoms with van der Waals surface area (Å²) in [4.78, 5) is 24.0. The summed E-state index contributed by atoms with van der Waals surface area (Å²) in [6.45, 7) is 7.49. The summed E-state index contributed by atoms with van der Waals surface area (Å²) >= 11 is 1.31. The number of nitrogens with one attached hydrogen (secondary N) is 2. The first-order chi connectivity index (χ1) is 9.17. The van der Waals surface area contributed by atoms with Crippen molar-refractivity contribution in [3.05, 3.63) is 23.8 Å². The van der Waals surface area contributed by atoms with Gasteiger partial charge in [-0.1, -0.05) is 6.07 Å². The van der Waals surface area contributed by atoms with Gasteiger partial charge in [0, 0.05) is 16.1 Å². The highest BCUT2D eigenvalue weighted by atomic mass is 32.2. The van der Waals surface area contributed by atoms with Crippen molar-refractivity contribution in [3.63, 3.8) is 0 Å². The normalized spacial score (nSPS) is 11.0. The Morgan fingerprint density at radius 2 is 1.95 bits per heavy atom. The number of hydrogen-bond donors (Lipinski definition) is 3. The fourth-order valence-electron chi connectivity index (χ4n) is 1.48. The summed E-state index contributed by atoms with van der Waals surface area (Å²) in [5, 5.41) is 4.95. The lowest BCUT2D eigenvalue weighted by atomic mass is 10.1. The Kier molecular flexibility index (Phi) is 5.44. The van der Waals surface area contributed by atoms with Gasteiger partial charge in [-0.3, -0.25) is 10.1 Å². The summed E-state index contributed by atoms with van der Waals surface area (Å²) in [5.74, 6) is -0.207. The minimum Gasteiger partial charge on any atom is -0.398 e. The molecule has 1 aromatic rings. The Bertz CT molecular complexity index is 510. The van der Waals surface area contributed by atoms with Crippen LogP contribution in [0.1, 0.15) is 26.3 Å². The smallest absolute Gasteiger partial charge is 0.321 e. The largest absolute Gasteiger partial charge is 0.398 e. The maximum atomic E-state index is 11.7. The third-order valence-electron chi connectivity index (χ3n) is 2.27. The molecule has 0 heterocycles. The zero-order valence-corrected chi connectivity index (χ0v) is 13.1. The zero-order valence-electron chi connectivity index (χ0n) is 12.2. The number of rotatable bonds is 3. The number of benzene rings is 1. The highest BCUT2D eigenvalue weighted by molar-refractivity contribution is 8.00. The van der Waals surface area contributed by atoms with Crippen LogP contribution in [0, 0.1) is 6.92 Å². The van der Waals surface area contributed by atoms with Crippen molar-refractivity contribution < 1.29 is 9.59 Å². The average molecular weight is 295 g/mol. The topological polar surface area (TPSA) is 84.2 Å². The number of nitrogens with two attached hydrogens (primary N) is 1. The van der Waals surface area contributed by atoms with Crippen LogP contribution in [-0.4, -0.2) is 23.2 Å². The number of hydrogen-bond acceptors (Lipinski definition) is 4. The van der Waals surface area contributed by atoms with E-state index in [0.29, 0.717) is 5.69 Å². The van der Waals surface area contributed by atoms with Crippen LogP contribution in [0.2, 0.25) is 0 Å². The predicted molar refractivity (Wildman–Crippen MR) is 82.7 cm³/mol. The van der Waals surface area contributed by atoms with E-state index in [1.807, 2.05) is 45.9 Å². The van der Waals surface area contributed by atoms with Crippen LogP contribution in [0.25, 0.3) is 0 Å². The fraction of sp³-hybridized carbons (Fsp3) is 0.429. The molecule has 1 rings (SSSR count). The molecule has 0 fully saturated rings. The van der Waals surface area contributed by atoms with Crippen molar-refractivity contribution in [2.75, 3.05) is 11.5 Å². The van der Waals surface area contributed by atoms with Crippen LogP contribution >= 0.6 is 11.8 Å². The van der Waals surface area contributed by atoms with Gasteiger partial charge in [0.2, 0.25) is 5.91 Å². The predicted octanol–water partition coefficient (Wildman–Crippen LogP) is 2.29. The third kappa shape index (κ3) is 5.97. The maximum absolute atomic E-state index is 11.7. The molecule has 20 heavy (non-hydrogen) atoms. The Balaban J connectivity index is 2.46. The van der Waals surface area contributed by atoms with E-state index < -0.39 is 6.03 Å². The number of carbonyl (C=O) groups excluding carboxylic acids is 2. The molecule has 5 nitrogen and oxygen atoms in total. The van der Waals surface area contributed by atoms with Gasteiger partial charge < -0.3 is 11.1 Å². The van der Waals surface area contributed by atoms with E-state index >= 15 is 0 Å². The van der Waals surface area contributed by atoms with Crippen LogP contribution in [0.4, 0.5) is 10.5 Å². The van der Waals surface area contributed by atoms with Crippen LogP contribution < -0.4 is 16.4 Å². The van der Waals surface area contributed by atoms with Gasteiger partial charge in [-0.15, -0.1) is 11.8 Å². The lowest BCUT2D eigenvalue weighted by molar-refractivity contribution is -0.117. The molecule has 4 N–H and O–H groups in total. The first kappa shape index (κ1) is 16.4. The van der Waals surface area contributed by atoms with E-state index in [9.17, 15) is 9.59 Å². The van der Waals surface area contributed by atoms with E-state index in [1.54, 1.807) is 0 Å². The molecule has 110 valence electrons. The molecule has 0 saturated carbocycles. The van der Waals surface area contributed by atoms with Crippen molar-refractivity contribution in [3.8, 4) is 0 Å². The summed E-state index contributed by atoms with van der Waals surface area (Å²) in [6.07, 6.45) is 0. The number of thioether (sulfide) groups is 1. The molecule has 0 saturated heterocycles. The minimum atomic E-state index is -0.486. The van der Waals surface area contributed by atoms with E-state index in [-0.39, 0.29) is 17.2 Å². The van der Waals surface area contributed by atoms with Crippen LogP contribution in [0.3, 0.4) is 0 Å². The Morgan fingerprint density at radius 1 is 1.30 bits per heavy atom. The first-order valence-corrected chi connectivity index (χ1v) is 7.27. The minimum absolute atomic E-state index is 0.144. The number of anilines is 1.